The van der Waals surface area contributed by atoms with Crippen LogP contribution in [-0.4, -0.2) is 38.0 Å². The number of hydrogen-bond acceptors (Lipinski definition) is 6. The molecule has 1 N–H and O–H groups in total. The third-order valence-corrected chi connectivity index (χ3v) is 6.52. The summed E-state index contributed by atoms with van der Waals surface area (Å²) in [4.78, 5) is 34.1. The van der Waals surface area contributed by atoms with Gasteiger partial charge < -0.3 is 19.4 Å². The zero-order valence-electron chi connectivity index (χ0n) is 20.7. The van der Waals surface area contributed by atoms with Crippen LogP contribution in [-0.2, 0) is 23.7 Å². The first kappa shape index (κ1) is 27.5. The maximum Gasteiger partial charge on any atom is 0.586 e. The molecule has 0 spiro atoms. The van der Waals surface area contributed by atoms with E-state index in [0.29, 0.717) is 29.7 Å². The number of carbonyl (C=O) groups is 1. The van der Waals surface area contributed by atoms with Crippen LogP contribution in [0, 0.1) is 0 Å². The van der Waals surface area contributed by atoms with E-state index in [4.69, 9.17) is 0 Å². The fourth-order valence-electron chi connectivity index (χ4n) is 4.56. The molecule has 0 unspecified atom stereocenters. The Labute approximate surface area is 228 Å². The molecule has 2 aromatic heterocycles. The second-order valence-electron chi connectivity index (χ2n) is 9.53. The van der Waals surface area contributed by atoms with E-state index in [9.17, 15) is 44.7 Å². The molecule has 0 saturated heterocycles. The highest BCUT2D eigenvalue weighted by molar-refractivity contribution is 5.95. The fourth-order valence-corrected chi connectivity index (χ4v) is 4.56. The smallest absolute Gasteiger partial charge is 0.395 e. The number of aromatic nitrogens is 4. The van der Waals surface area contributed by atoms with Crippen LogP contribution in [0.3, 0.4) is 0 Å². The SMILES string of the molecule is O=C(Cn1nc(-c2cc(C(F)(F)F)cc(C(F)(F)F)c2)c2nc[nH]c2c1=O)N(c1ccc2c(c1)OC(F)(F)O2)C1CC1. The quantitative estimate of drug-likeness (QED) is 0.310. The Morgan fingerprint density at radius 1 is 1.00 bits per heavy atom. The molecule has 0 radical (unpaired) electrons. The first-order chi connectivity index (χ1) is 19.6. The van der Waals surface area contributed by atoms with E-state index in [1.165, 1.54) is 17.0 Å². The molecule has 0 atom stereocenters. The molecule has 2 aliphatic rings. The van der Waals surface area contributed by atoms with Gasteiger partial charge in [-0.15, -0.1) is 8.78 Å². The fraction of sp³-hybridized carbons (Fsp3) is 0.280. The number of hydrogen-bond donors (Lipinski definition) is 1. The largest absolute Gasteiger partial charge is 0.586 e. The highest BCUT2D eigenvalue weighted by atomic mass is 19.4. The van der Waals surface area contributed by atoms with Crippen LogP contribution in [0.2, 0.25) is 0 Å². The van der Waals surface area contributed by atoms with Crippen molar-refractivity contribution in [3.05, 3.63) is 64.2 Å². The molecular weight excluding hydrogens is 586 g/mol. The third kappa shape index (κ3) is 4.98. The number of carbonyl (C=O) groups excluding carboxylic acids is 1. The lowest BCUT2D eigenvalue weighted by Crippen LogP contribution is -2.39. The average molecular weight is 601 g/mol. The van der Waals surface area contributed by atoms with E-state index in [0.717, 1.165) is 12.4 Å². The van der Waals surface area contributed by atoms with Gasteiger partial charge in [0.1, 0.15) is 23.3 Å². The lowest BCUT2D eigenvalue weighted by molar-refractivity contribution is -0.286. The summed E-state index contributed by atoms with van der Waals surface area (Å²) in [6.45, 7) is -0.799. The van der Waals surface area contributed by atoms with Crippen molar-refractivity contribution in [2.75, 3.05) is 4.90 Å². The number of alkyl halides is 8. The number of rotatable bonds is 5. The van der Waals surface area contributed by atoms with Gasteiger partial charge >= 0.3 is 18.6 Å². The number of nitrogens with zero attached hydrogens (tertiary/aromatic N) is 4. The summed E-state index contributed by atoms with van der Waals surface area (Å²) >= 11 is 0. The Bertz CT molecular complexity index is 1760. The van der Waals surface area contributed by atoms with Crippen molar-refractivity contribution < 1.29 is 49.4 Å². The van der Waals surface area contributed by atoms with Crippen LogP contribution in [0.1, 0.15) is 24.0 Å². The number of H-pyrrole nitrogens is 1. The van der Waals surface area contributed by atoms with Crippen LogP contribution in [0.15, 0.2) is 47.5 Å². The molecule has 0 bridgehead atoms. The normalized spacial score (nSPS) is 16.2. The number of imidazole rings is 1. The molecule has 1 fully saturated rings. The molecule has 1 aliphatic carbocycles. The zero-order valence-corrected chi connectivity index (χ0v) is 20.7. The summed E-state index contributed by atoms with van der Waals surface area (Å²) in [6.07, 6.45) is -12.1. The predicted molar refractivity (Wildman–Crippen MR) is 127 cm³/mol. The summed E-state index contributed by atoms with van der Waals surface area (Å²) in [6, 6.07) is 4.07. The maximum absolute atomic E-state index is 13.5. The van der Waals surface area contributed by atoms with E-state index in [1.807, 2.05) is 0 Å². The molecule has 1 saturated carbocycles. The van der Waals surface area contributed by atoms with Gasteiger partial charge in [0.2, 0.25) is 5.91 Å². The van der Waals surface area contributed by atoms with E-state index >= 15 is 0 Å². The minimum Gasteiger partial charge on any atom is -0.395 e. The van der Waals surface area contributed by atoms with Crippen LogP contribution >= 0.6 is 0 Å². The van der Waals surface area contributed by atoms with Gasteiger partial charge in [0.15, 0.2) is 11.5 Å². The van der Waals surface area contributed by atoms with E-state index in [1.54, 1.807) is 0 Å². The predicted octanol–water partition coefficient (Wildman–Crippen LogP) is 5.34. The average Bonchev–Trinajstić information content (AvgIpc) is 3.48. The summed E-state index contributed by atoms with van der Waals surface area (Å²) in [5, 5.41) is 3.96. The second kappa shape index (κ2) is 9.15. The molecule has 2 aromatic carbocycles. The van der Waals surface area contributed by atoms with Crippen LogP contribution in [0.4, 0.5) is 40.8 Å². The first-order valence-corrected chi connectivity index (χ1v) is 12.1. The minimum absolute atomic E-state index is 0.0560. The first-order valence-electron chi connectivity index (χ1n) is 12.1. The Morgan fingerprint density at radius 2 is 1.64 bits per heavy atom. The molecule has 1 amide bonds. The van der Waals surface area contributed by atoms with Gasteiger partial charge in [-0.3, -0.25) is 9.59 Å². The van der Waals surface area contributed by atoms with Gasteiger partial charge in [-0.05, 0) is 43.2 Å². The highest BCUT2D eigenvalue weighted by Gasteiger charge is 2.44. The van der Waals surface area contributed by atoms with Crippen molar-refractivity contribution in [3.63, 3.8) is 0 Å². The molecule has 4 aromatic rings. The zero-order chi connectivity index (χ0) is 30.2. The second-order valence-corrected chi connectivity index (χ2v) is 9.53. The lowest BCUT2D eigenvalue weighted by atomic mass is 10.0. The Balaban J connectivity index is 1.41. The maximum atomic E-state index is 13.5. The van der Waals surface area contributed by atoms with Crippen molar-refractivity contribution in [2.45, 2.75) is 44.1 Å². The topological polar surface area (TPSA) is 102 Å². The van der Waals surface area contributed by atoms with Crippen molar-refractivity contribution in [3.8, 4) is 22.8 Å². The summed E-state index contributed by atoms with van der Waals surface area (Å²) in [5.74, 6) is -1.36. The number of anilines is 1. The molecule has 9 nitrogen and oxygen atoms in total. The Kier molecular flexibility index (Phi) is 5.99. The molecule has 1 aliphatic heterocycles. The monoisotopic (exact) mass is 601 g/mol. The standard InChI is InChI=1S/C25H15F8N5O4/c26-23(27,28)12-5-11(6-13(7-12)24(29,30)31)19-20-21(35-10-34-20)22(40)37(36-19)9-18(39)38(14-1-2-14)15-3-4-16-17(8-15)42-25(32,33)41-16/h3-8,10,14H,1-2,9H2,(H,34,35). The third-order valence-electron chi connectivity index (χ3n) is 6.52. The van der Waals surface area contributed by atoms with Gasteiger partial charge in [-0.25, -0.2) is 9.67 Å². The summed E-state index contributed by atoms with van der Waals surface area (Å²) in [7, 11) is 0. The van der Waals surface area contributed by atoms with E-state index < -0.39 is 59.0 Å². The van der Waals surface area contributed by atoms with Gasteiger partial charge in [-0.1, -0.05) is 0 Å². The Morgan fingerprint density at radius 3 is 2.26 bits per heavy atom. The molecule has 6 rings (SSSR count). The molecule has 3 heterocycles. The highest BCUT2D eigenvalue weighted by Crippen LogP contribution is 2.44. The van der Waals surface area contributed by atoms with Crippen molar-refractivity contribution in [1.82, 2.24) is 19.7 Å². The number of fused-ring (bicyclic) bond motifs is 2. The van der Waals surface area contributed by atoms with Gasteiger partial charge in [-0.2, -0.15) is 31.4 Å². The van der Waals surface area contributed by atoms with Crippen molar-refractivity contribution in [1.29, 1.82) is 0 Å². The lowest BCUT2D eigenvalue weighted by Gasteiger charge is -2.23. The minimum atomic E-state index is -5.15. The number of nitrogens with one attached hydrogen (secondary N) is 1. The number of benzene rings is 2. The van der Waals surface area contributed by atoms with Crippen molar-refractivity contribution >= 4 is 22.6 Å². The van der Waals surface area contributed by atoms with E-state index in [2.05, 4.69) is 24.5 Å². The van der Waals surface area contributed by atoms with Gasteiger partial charge in [0.25, 0.3) is 5.56 Å². The number of halogens is 8. The van der Waals surface area contributed by atoms with Crippen LogP contribution < -0.4 is 19.9 Å². The Hall–Kier alpha value is -4.70. The molecule has 220 valence electrons. The van der Waals surface area contributed by atoms with Crippen LogP contribution in [0.5, 0.6) is 11.5 Å². The van der Waals surface area contributed by atoms with Crippen LogP contribution in [0.25, 0.3) is 22.3 Å². The molecule has 17 heteroatoms. The van der Waals surface area contributed by atoms with E-state index in [-0.39, 0.29) is 40.3 Å². The number of aromatic amines is 1. The number of ether oxygens (including phenoxy) is 2. The number of amides is 1. The summed E-state index contributed by atoms with van der Waals surface area (Å²) in [5.41, 5.74) is -5.81. The van der Waals surface area contributed by atoms with Crippen molar-refractivity contribution in [2.24, 2.45) is 0 Å². The summed E-state index contributed by atoms with van der Waals surface area (Å²) < 4.78 is 117. The van der Waals surface area contributed by atoms with Gasteiger partial charge in [0.05, 0.1) is 17.5 Å². The molecular formula is C25H15F8N5O4. The molecule has 42 heavy (non-hydrogen) atoms. The van der Waals surface area contributed by atoms with Gasteiger partial charge in [0, 0.05) is 23.4 Å².